The molecule has 3 aliphatic rings. The van der Waals surface area contributed by atoms with Gasteiger partial charge in [-0.3, -0.25) is 4.79 Å². The number of carbonyl (C=O) groups excluding carboxylic acids is 1. The van der Waals surface area contributed by atoms with E-state index in [0.717, 1.165) is 23.8 Å². The van der Waals surface area contributed by atoms with Crippen LogP contribution < -0.4 is 10.4 Å². The highest BCUT2D eigenvalue weighted by molar-refractivity contribution is 5.77. The molecular formula is C36H50O15. The van der Waals surface area contributed by atoms with Gasteiger partial charge in [0.1, 0.15) is 67.3 Å². The molecule has 0 unspecified atom stereocenters. The third-order valence-corrected chi connectivity index (χ3v) is 10.8. The average molecular weight is 723 g/mol. The zero-order valence-corrected chi connectivity index (χ0v) is 29.2. The monoisotopic (exact) mass is 722 g/mol. The molecule has 3 fully saturated rings. The molecule has 1 aliphatic carbocycles. The number of hydrogen-bond donors (Lipinski definition) is 7. The third kappa shape index (κ3) is 8.03. The topological polar surface area (TPSA) is 235 Å². The molecule has 2 aliphatic heterocycles. The van der Waals surface area contributed by atoms with Crippen LogP contribution in [0.3, 0.4) is 0 Å². The zero-order chi connectivity index (χ0) is 37.2. The van der Waals surface area contributed by atoms with Crippen LogP contribution in [-0.4, -0.2) is 123 Å². The molecule has 2 aromatic rings. The van der Waals surface area contributed by atoms with Gasteiger partial charge in [-0.25, -0.2) is 4.79 Å². The van der Waals surface area contributed by atoms with Crippen molar-refractivity contribution in [2.24, 2.45) is 17.3 Å². The average Bonchev–Trinajstić information content (AvgIpc) is 3.34. The lowest BCUT2D eigenvalue weighted by atomic mass is 9.58. The first-order valence-electron chi connectivity index (χ1n) is 17.3. The van der Waals surface area contributed by atoms with E-state index in [1.165, 1.54) is 11.6 Å². The molecule has 15 nitrogen and oxygen atoms in total. The lowest BCUT2D eigenvalue weighted by Gasteiger charge is -2.48. The van der Waals surface area contributed by atoms with Gasteiger partial charge in [0, 0.05) is 29.9 Å². The Labute approximate surface area is 295 Å². The van der Waals surface area contributed by atoms with Crippen molar-refractivity contribution in [2.45, 2.75) is 108 Å². The summed E-state index contributed by atoms with van der Waals surface area (Å²) in [5.74, 6) is -2.12. The largest absolute Gasteiger partial charge is 0.493 e. The maximum absolute atomic E-state index is 13.2. The predicted molar refractivity (Wildman–Crippen MR) is 178 cm³/mol. The van der Waals surface area contributed by atoms with Crippen LogP contribution in [0.5, 0.6) is 5.75 Å². The minimum absolute atomic E-state index is 0.000351. The standard InChI is InChI=1S/C36H50O15/c1-18(2)22-9-5-19(3)23(15-46-21-8-6-20-7-10-28(40)48-24(20)13-21)35(22,4)12-11-27(39)47-16-26-29(41)31(43)32(44)34(49-26)51-36(17-38)33(45)30(42)25(14-37)50-36/h6-8,10,13,19,23,25-26,29-34,37-38,41-45H,5,9,11-12,14-17H2,1-4H3/t19-,23-,25-,26+,29+,30+,31-,32+,33+,34-,35-,36+/m1/s1. The van der Waals surface area contributed by atoms with Gasteiger partial charge in [-0.15, -0.1) is 0 Å². The molecule has 284 valence electrons. The smallest absolute Gasteiger partial charge is 0.336 e. The molecule has 15 heteroatoms. The van der Waals surface area contributed by atoms with Gasteiger partial charge in [-0.2, -0.15) is 0 Å². The number of aliphatic hydroxyl groups excluding tert-OH is 7. The number of esters is 1. The second-order valence-electron chi connectivity index (χ2n) is 14.3. The lowest BCUT2D eigenvalue weighted by molar-refractivity contribution is -0.383. The highest BCUT2D eigenvalue weighted by atomic mass is 16.8. The minimum atomic E-state index is -2.33. The number of hydrogen-bond acceptors (Lipinski definition) is 15. The predicted octanol–water partition coefficient (Wildman–Crippen LogP) is 0.510. The summed E-state index contributed by atoms with van der Waals surface area (Å²) in [6.07, 6.45) is -11.3. The second kappa shape index (κ2) is 16.0. The molecule has 12 atom stereocenters. The molecule has 3 heterocycles. The number of aliphatic hydroxyl groups is 7. The van der Waals surface area contributed by atoms with Crippen LogP contribution in [0.25, 0.3) is 11.0 Å². The van der Waals surface area contributed by atoms with Crippen LogP contribution in [-0.2, 0) is 23.7 Å². The molecule has 0 spiro atoms. The zero-order valence-electron chi connectivity index (χ0n) is 29.2. The van der Waals surface area contributed by atoms with Crippen molar-refractivity contribution in [3.05, 3.63) is 51.9 Å². The maximum Gasteiger partial charge on any atom is 0.336 e. The Hall–Kier alpha value is -2.96. The van der Waals surface area contributed by atoms with Crippen molar-refractivity contribution < 1.29 is 68.6 Å². The van der Waals surface area contributed by atoms with Gasteiger partial charge in [0.25, 0.3) is 0 Å². The fraction of sp³-hybridized carbons (Fsp3) is 0.667. The van der Waals surface area contributed by atoms with Gasteiger partial charge in [0.05, 0.1) is 13.2 Å². The Morgan fingerprint density at radius 2 is 1.69 bits per heavy atom. The molecule has 1 aromatic heterocycles. The molecule has 1 aromatic carbocycles. The van der Waals surface area contributed by atoms with E-state index >= 15 is 0 Å². The summed E-state index contributed by atoms with van der Waals surface area (Å²) in [6.45, 7) is 6.45. The quantitative estimate of drug-likeness (QED) is 0.0898. The molecule has 0 amide bonds. The van der Waals surface area contributed by atoms with Crippen LogP contribution >= 0.6 is 0 Å². The molecule has 51 heavy (non-hydrogen) atoms. The number of rotatable bonds is 12. The number of fused-ring (bicyclic) bond motifs is 1. The van der Waals surface area contributed by atoms with Crippen molar-refractivity contribution in [3.63, 3.8) is 0 Å². The van der Waals surface area contributed by atoms with Gasteiger partial charge in [0.15, 0.2) is 6.29 Å². The fourth-order valence-electron chi connectivity index (χ4n) is 7.76. The molecule has 0 bridgehead atoms. The second-order valence-corrected chi connectivity index (χ2v) is 14.3. The highest BCUT2D eigenvalue weighted by Crippen LogP contribution is 2.52. The van der Waals surface area contributed by atoms with E-state index < -0.39 is 91.6 Å². The van der Waals surface area contributed by atoms with Crippen molar-refractivity contribution in [1.29, 1.82) is 0 Å². The van der Waals surface area contributed by atoms with Crippen LogP contribution in [0.15, 0.2) is 50.7 Å². The first-order valence-corrected chi connectivity index (χ1v) is 17.3. The number of ether oxygens (including phenoxy) is 5. The summed E-state index contributed by atoms with van der Waals surface area (Å²) in [4.78, 5) is 24.9. The summed E-state index contributed by atoms with van der Waals surface area (Å²) in [5.41, 5.74) is 1.91. The van der Waals surface area contributed by atoms with E-state index in [4.69, 9.17) is 28.1 Å². The SMILES string of the molecule is CC(C)=C1CC[C@@H](C)[C@@H](COc2ccc3ccc(=O)oc3c2)[C@]1(C)CCC(=O)OC[C@@H]1O[C@H](O[C@]2(CO)O[C@H](CO)[C@H](O)[C@@H]2O)[C@@H](O)[C@H](O)[C@H]1O. The third-order valence-electron chi connectivity index (χ3n) is 10.8. The van der Waals surface area contributed by atoms with Crippen LogP contribution in [0, 0.1) is 17.3 Å². The molecule has 2 saturated heterocycles. The van der Waals surface area contributed by atoms with Crippen LogP contribution in [0.2, 0.25) is 0 Å². The summed E-state index contributed by atoms with van der Waals surface area (Å²) < 4.78 is 33.6. The summed E-state index contributed by atoms with van der Waals surface area (Å²) >= 11 is 0. The van der Waals surface area contributed by atoms with Gasteiger partial charge in [-0.1, -0.05) is 25.0 Å². The first-order chi connectivity index (χ1) is 24.1. The summed E-state index contributed by atoms with van der Waals surface area (Å²) in [6, 6.07) is 8.38. The van der Waals surface area contributed by atoms with Crippen molar-refractivity contribution in [2.75, 3.05) is 26.4 Å². The Morgan fingerprint density at radius 3 is 2.35 bits per heavy atom. The van der Waals surface area contributed by atoms with Crippen molar-refractivity contribution in [1.82, 2.24) is 0 Å². The Morgan fingerprint density at radius 1 is 0.961 bits per heavy atom. The number of carbonyl (C=O) groups is 1. The van der Waals surface area contributed by atoms with E-state index in [2.05, 4.69) is 13.8 Å². The molecule has 5 rings (SSSR count). The van der Waals surface area contributed by atoms with E-state index in [0.29, 0.717) is 24.4 Å². The van der Waals surface area contributed by atoms with Gasteiger partial charge in [0.2, 0.25) is 5.79 Å². The molecule has 1 saturated carbocycles. The van der Waals surface area contributed by atoms with E-state index in [-0.39, 0.29) is 18.3 Å². The number of benzene rings is 1. The normalized spacial score (nSPS) is 37.0. The maximum atomic E-state index is 13.2. The number of allylic oxidation sites excluding steroid dienone is 2. The Kier molecular flexibility index (Phi) is 12.3. The minimum Gasteiger partial charge on any atom is -0.493 e. The van der Waals surface area contributed by atoms with Crippen LogP contribution in [0.4, 0.5) is 0 Å². The molecular weight excluding hydrogens is 672 g/mol. The lowest BCUT2D eigenvalue weighted by Crippen LogP contribution is -2.62. The summed E-state index contributed by atoms with van der Waals surface area (Å²) in [7, 11) is 0. The van der Waals surface area contributed by atoms with Crippen molar-refractivity contribution >= 4 is 16.9 Å². The van der Waals surface area contributed by atoms with Gasteiger partial charge >= 0.3 is 11.6 Å². The Bertz CT molecular complexity index is 1600. The van der Waals surface area contributed by atoms with E-state index in [1.807, 2.05) is 26.0 Å². The molecule has 7 N–H and O–H groups in total. The van der Waals surface area contributed by atoms with E-state index in [9.17, 15) is 45.3 Å². The Balaban J connectivity index is 1.24. The van der Waals surface area contributed by atoms with Gasteiger partial charge in [-0.05, 0) is 62.6 Å². The van der Waals surface area contributed by atoms with E-state index in [1.54, 1.807) is 12.1 Å². The van der Waals surface area contributed by atoms with Gasteiger partial charge < -0.3 is 63.8 Å². The fourth-order valence-corrected chi connectivity index (χ4v) is 7.76. The highest BCUT2D eigenvalue weighted by Gasteiger charge is 2.58. The van der Waals surface area contributed by atoms with Crippen molar-refractivity contribution in [3.8, 4) is 5.75 Å². The first kappa shape index (κ1) is 39.3. The summed E-state index contributed by atoms with van der Waals surface area (Å²) in [5, 5.41) is 72.6. The van der Waals surface area contributed by atoms with Crippen LogP contribution in [0.1, 0.15) is 53.4 Å². The molecule has 0 radical (unpaired) electrons.